The summed E-state index contributed by atoms with van der Waals surface area (Å²) in [6, 6.07) is 0.0352. The molecule has 0 saturated heterocycles. The van der Waals surface area contributed by atoms with Gasteiger partial charge in [0.15, 0.2) is 0 Å². The average Bonchev–Trinajstić information content (AvgIpc) is 2.75. The van der Waals surface area contributed by atoms with Crippen LogP contribution in [0.1, 0.15) is 21.6 Å². The van der Waals surface area contributed by atoms with Gasteiger partial charge >= 0.3 is 0 Å². The Kier molecular flexibility index (Phi) is 2.90. The van der Waals surface area contributed by atoms with Gasteiger partial charge < -0.3 is 5.73 Å². The number of hydrogen-bond acceptors (Lipinski definition) is 5. The highest BCUT2D eigenvalue weighted by Crippen LogP contribution is 2.20. The van der Waals surface area contributed by atoms with Gasteiger partial charge in [-0.3, -0.25) is 4.98 Å². The molecule has 0 spiro atoms. The van der Waals surface area contributed by atoms with E-state index in [1.165, 1.54) is 0 Å². The molecule has 0 bridgehead atoms. The summed E-state index contributed by atoms with van der Waals surface area (Å²) in [5.74, 6) is 0. The van der Waals surface area contributed by atoms with Gasteiger partial charge in [0.05, 0.1) is 10.5 Å². The summed E-state index contributed by atoms with van der Waals surface area (Å²) in [7, 11) is 0. The molecule has 2 aromatic heterocycles. The van der Waals surface area contributed by atoms with Gasteiger partial charge in [-0.1, -0.05) is 0 Å². The summed E-state index contributed by atoms with van der Waals surface area (Å²) in [6.07, 6.45) is 2.64. The summed E-state index contributed by atoms with van der Waals surface area (Å²) < 4.78 is 0. The summed E-state index contributed by atoms with van der Waals surface area (Å²) in [6.45, 7) is 2.00. The van der Waals surface area contributed by atoms with E-state index in [2.05, 4.69) is 15.3 Å². The van der Waals surface area contributed by atoms with Crippen LogP contribution >= 0.6 is 22.7 Å². The smallest absolute Gasteiger partial charge is 0.0947 e. The quantitative estimate of drug-likeness (QED) is 0.870. The van der Waals surface area contributed by atoms with Crippen molar-refractivity contribution in [3.05, 3.63) is 32.7 Å². The maximum absolute atomic E-state index is 6.02. The lowest BCUT2D eigenvalue weighted by molar-refractivity contribution is 0.729. The Labute approximate surface area is 90.6 Å². The number of aromatic nitrogens is 2. The van der Waals surface area contributed by atoms with Gasteiger partial charge in [0.1, 0.15) is 0 Å². The van der Waals surface area contributed by atoms with E-state index >= 15 is 0 Å². The molecule has 0 aromatic carbocycles. The fourth-order valence-corrected chi connectivity index (χ4v) is 2.65. The molecule has 0 radical (unpaired) electrons. The molecular weight excluding hydrogens is 214 g/mol. The molecule has 0 fully saturated rings. The van der Waals surface area contributed by atoms with Crippen molar-refractivity contribution in [2.75, 3.05) is 0 Å². The minimum Gasteiger partial charge on any atom is -0.323 e. The van der Waals surface area contributed by atoms with E-state index in [-0.39, 0.29) is 6.04 Å². The molecule has 2 N–H and O–H groups in total. The number of thiazole rings is 2. The third-order valence-corrected chi connectivity index (χ3v) is 3.77. The van der Waals surface area contributed by atoms with Gasteiger partial charge in [-0.2, -0.15) is 0 Å². The van der Waals surface area contributed by atoms with E-state index < -0.39 is 0 Å². The molecule has 5 heteroatoms. The number of nitrogens with zero attached hydrogens (tertiary/aromatic N) is 2. The van der Waals surface area contributed by atoms with Crippen molar-refractivity contribution in [1.82, 2.24) is 9.97 Å². The van der Waals surface area contributed by atoms with Gasteiger partial charge in [-0.05, 0) is 6.92 Å². The minimum absolute atomic E-state index is 0.0352. The van der Waals surface area contributed by atoms with Crippen LogP contribution in [0.3, 0.4) is 0 Å². The molecule has 2 heterocycles. The first-order valence-corrected chi connectivity index (χ1v) is 6.06. The Hall–Kier alpha value is -0.780. The molecule has 0 saturated carbocycles. The SMILES string of the molecule is Cc1csc(CC(N)c2cncs2)n1. The van der Waals surface area contributed by atoms with Crippen LogP contribution in [0.25, 0.3) is 0 Å². The van der Waals surface area contributed by atoms with E-state index in [0.29, 0.717) is 0 Å². The van der Waals surface area contributed by atoms with Gasteiger partial charge in [-0.25, -0.2) is 4.98 Å². The zero-order valence-corrected chi connectivity index (χ0v) is 9.44. The molecule has 1 atom stereocenters. The van der Waals surface area contributed by atoms with Crippen LogP contribution in [0.5, 0.6) is 0 Å². The van der Waals surface area contributed by atoms with Crippen LogP contribution in [0.15, 0.2) is 17.1 Å². The molecule has 1 unspecified atom stereocenters. The van der Waals surface area contributed by atoms with Crippen molar-refractivity contribution in [3.63, 3.8) is 0 Å². The minimum atomic E-state index is 0.0352. The van der Waals surface area contributed by atoms with Crippen molar-refractivity contribution >= 4 is 22.7 Å². The molecule has 0 aliphatic rings. The van der Waals surface area contributed by atoms with Crippen LogP contribution in [-0.4, -0.2) is 9.97 Å². The molecule has 0 aliphatic carbocycles. The van der Waals surface area contributed by atoms with Crippen LogP contribution in [0.2, 0.25) is 0 Å². The number of aryl methyl sites for hydroxylation is 1. The Morgan fingerprint density at radius 3 is 2.93 bits per heavy atom. The second-order valence-corrected chi connectivity index (χ2v) is 4.96. The zero-order chi connectivity index (χ0) is 9.97. The molecule has 2 aromatic rings. The van der Waals surface area contributed by atoms with Gasteiger partial charge in [-0.15, -0.1) is 22.7 Å². The summed E-state index contributed by atoms with van der Waals surface area (Å²) in [4.78, 5) is 9.52. The summed E-state index contributed by atoms with van der Waals surface area (Å²) >= 11 is 3.27. The maximum atomic E-state index is 6.02. The monoisotopic (exact) mass is 225 g/mol. The summed E-state index contributed by atoms with van der Waals surface area (Å²) in [5.41, 5.74) is 8.90. The number of hydrogen-bond donors (Lipinski definition) is 1. The second-order valence-electron chi connectivity index (χ2n) is 3.10. The molecule has 0 amide bonds. The third kappa shape index (κ3) is 2.17. The Balaban J connectivity index is 2.05. The predicted molar refractivity (Wildman–Crippen MR) is 59.6 cm³/mol. The van der Waals surface area contributed by atoms with Crippen LogP contribution in [0, 0.1) is 6.92 Å². The lowest BCUT2D eigenvalue weighted by atomic mass is 10.2. The fraction of sp³-hybridized carbons (Fsp3) is 0.333. The van der Waals surface area contributed by atoms with Crippen molar-refractivity contribution in [3.8, 4) is 0 Å². The Morgan fingerprint density at radius 2 is 2.36 bits per heavy atom. The number of rotatable bonds is 3. The van der Waals surface area contributed by atoms with Gasteiger partial charge in [0.25, 0.3) is 0 Å². The highest BCUT2D eigenvalue weighted by Gasteiger charge is 2.10. The van der Waals surface area contributed by atoms with Gasteiger partial charge in [0, 0.05) is 34.6 Å². The standard InChI is InChI=1S/C9H11N3S2/c1-6-4-13-9(12-6)2-7(10)8-3-11-5-14-8/h3-5,7H,2,10H2,1H3. The van der Waals surface area contributed by atoms with Gasteiger partial charge in [0.2, 0.25) is 0 Å². The zero-order valence-electron chi connectivity index (χ0n) is 7.80. The topological polar surface area (TPSA) is 51.8 Å². The fourth-order valence-electron chi connectivity index (χ4n) is 1.19. The molecule has 74 valence electrons. The summed E-state index contributed by atoms with van der Waals surface area (Å²) in [5, 5.41) is 3.15. The molecule has 3 nitrogen and oxygen atoms in total. The molecule has 14 heavy (non-hydrogen) atoms. The van der Waals surface area contributed by atoms with Crippen LogP contribution < -0.4 is 5.73 Å². The predicted octanol–water partition coefficient (Wildman–Crippen LogP) is 2.15. The van der Waals surface area contributed by atoms with E-state index in [9.17, 15) is 0 Å². The van der Waals surface area contributed by atoms with E-state index in [4.69, 9.17) is 5.73 Å². The van der Waals surface area contributed by atoms with Crippen LogP contribution in [0.4, 0.5) is 0 Å². The normalized spacial score (nSPS) is 13.0. The lowest BCUT2D eigenvalue weighted by Gasteiger charge is -2.05. The molecule has 0 aliphatic heterocycles. The van der Waals surface area contributed by atoms with Crippen LogP contribution in [-0.2, 0) is 6.42 Å². The van der Waals surface area contributed by atoms with Crippen molar-refractivity contribution in [1.29, 1.82) is 0 Å². The Bertz CT molecular complexity index is 394. The van der Waals surface area contributed by atoms with Crippen molar-refractivity contribution in [2.24, 2.45) is 5.73 Å². The number of nitrogens with two attached hydrogens (primary N) is 1. The first-order valence-electron chi connectivity index (χ1n) is 4.30. The largest absolute Gasteiger partial charge is 0.323 e. The Morgan fingerprint density at radius 1 is 1.50 bits per heavy atom. The highest BCUT2D eigenvalue weighted by atomic mass is 32.1. The van der Waals surface area contributed by atoms with E-state index in [1.54, 1.807) is 22.7 Å². The van der Waals surface area contributed by atoms with Crippen molar-refractivity contribution < 1.29 is 0 Å². The maximum Gasteiger partial charge on any atom is 0.0947 e. The third-order valence-electron chi connectivity index (χ3n) is 1.88. The van der Waals surface area contributed by atoms with E-state index in [0.717, 1.165) is 22.0 Å². The lowest BCUT2D eigenvalue weighted by Crippen LogP contribution is -2.11. The first-order chi connectivity index (χ1) is 6.75. The first kappa shape index (κ1) is 9.76. The molecular formula is C9H11N3S2. The van der Waals surface area contributed by atoms with Crippen molar-refractivity contribution in [2.45, 2.75) is 19.4 Å². The highest BCUT2D eigenvalue weighted by molar-refractivity contribution is 7.10. The average molecular weight is 225 g/mol. The van der Waals surface area contributed by atoms with E-state index in [1.807, 2.05) is 18.6 Å². The second kappa shape index (κ2) is 4.16. The molecule has 2 rings (SSSR count).